The lowest BCUT2D eigenvalue weighted by Crippen LogP contribution is -1.99. The number of aliphatic hydroxyl groups excluding tert-OH is 1. The normalized spacial score (nSPS) is 12.3. The van der Waals surface area contributed by atoms with Gasteiger partial charge in [-0.25, -0.2) is 8.78 Å². The predicted molar refractivity (Wildman–Crippen MR) is 73.0 cm³/mol. The summed E-state index contributed by atoms with van der Waals surface area (Å²) in [5.41, 5.74) is 1.23. The molecule has 0 bridgehead atoms. The summed E-state index contributed by atoms with van der Waals surface area (Å²) in [5, 5.41) is 9.69. The van der Waals surface area contributed by atoms with Crippen molar-refractivity contribution in [2.75, 3.05) is 0 Å². The zero-order chi connectivity index (χ0) is 14.9. The van der Waals surface area contributed by atoms with Crippen LogP contribution in [0.25, 0.3) is 0 Å². The van der Waals surface area contributed by atoms with Gasteiger partial charge in [0.25, 0.3) is 0 Å². The Hall–Kier alpha value is -1.94. The third-order valence-electron chi connectivity index (χ3n) is 3.10. The maximum atomic E-state index is 13.6. The summed E-state index contributed by atoms with van der Waals surface area (Å²) < 4.78 is 32.4. The smallest absolute Gasteiger partial charge is 0.133 e. The molecule has 0 saturated heterocycles. The van der Waals surface area contributed by atoms with Gasteiger partial charge in [-0.2, -0.15) is 0 Å². The van der Waals surface area contributed by atoms with E-state index in [9.17, 15) is 13.9 Å². The monoisotopic (exact) mass is 278 g/mol. The number of aliphatic hydroxyl groups is 1. The SMILES string of the molecule is Cc1cc(Oc2cc(C)c(F)cc2[C@@H](C)O)ccc1F. The summed E-state index contributed by atoms with van der Waals surface area (Å²) in [7, 11) is 0. The first-order valence-corrected chi connectivity index (χ1v) is 6.30. The molecule has 0 unspecified atom stereocenters. The van der Waals surface area contributed by atoms with Gasteiger partial charge in [0.05, 0.1) is 6.10 Å². The van der Waals surface area contributed by atoms with Crippen molar-refractivity contribution < 1.29 is 18.6 Å². The van der Waals surface area contributed by atoms with Crippen LogP contribution in [0, 0.1) is 25.5 Å². The van der Waals surface area contributed by atoms with Crippen molar-refractivity contribution in [2.45, 2.75) is 26.9 Å². The Morgan fingerprint density at radius 3 is 2.25 bits per heavy atom. The number of aryl methyl sites for hydroxylation is 2. The molecule has 0 aliphatic heterocycles. The van der Waals surface area contributed by atoms with Crippen LogP contribution in [0.2, 0.25) is 0 Å². The molecule has 2 nitrogen and oxygen atoms in total. The fourth-order valence-corrected chi connectivity index (χ4v) is 1.89. The second-order valence-electron chi connectivity index (χ2n) is 4.83. The van der Waals surface area contributed by atoms with Crippen LogP contribution in [0.4, 0.5) is 8.78 Å². The minimum atomic E-state index is -0.860. The lowest BCUT2D eigenvalue weighted by Gasteiger charge is -2.15. The van der Waals surface area contributed by atoms with Crippen molar-refractivity contribution in [3.63, 3.8) is 0 Å². The summed E-state index contributed by atoms with van der Waals surface area (Å²) in [6.45, 7) is 4.78. The van der Waals surface area contributed by atoms with Crippen molar-refractivity contribution in [2.24, 2.45) is 0 Å². The quantitative estimate of drug-likeness (QED) is 0.900. The fraction of sp³-hybridized carbons (Fsp3) is 0.250. The van der Waals surface area contributed by atoms with E-state index in [-0.39, 0.29) is 5.82 Å². The molecule has 1 atom stereocenters. The fourth-order valence-electron chi connectivity index (χ4n) is 1.89. The maximum Gasteiger partial charge on any atom is 0.133 e. The molecule has 0 saturated carbocycles. The summed E-state index contributed by atoms with van der Waals surface area (Å²) in [4.78, 5) is 0. The highest BCUT2D eigenvalue weighted by atomic mass is 19.1. The second kappa shape index (κ2) is 5.59. The van der Waals surface area contributed by atoms with Gasteiger partial charge in [-0.1, -0.05) is 0 Å². The maximum absolute atomic E-state index is 13.6. The minimum Gasteiger partial charge on any atom is -0.457 e. The van der Waals surface area contributed by atoms with E-state index in [1.165, 1.54) is 31.2 Å². The van der Waals surface area contributed by atoms with Crippen LogP contribution in [-0.4, -0.2) is 5.11 Å². The molecule has 2 aromatic carbocycles. The Bertz CT molecular complexity index is 637. The average Bonchev–Trinajstić information content (AvgIpc) is 2.37. The van der Waals surface area contributed by atoms with Gasteiger partial charge in [0.1, 0.15) is 23.1 Å². The number of benzene rings is 2. The van der Waals surface area contributed by atoms with Crippen LogP contribution in [0.5, 0.6) is 11.5 Å². The summed E-state index contributed by atoms with van der Waals surface area (Å²) in [5.74, 6) is 0.0913. The Labute approximate surface area is 116 Å². The molecule has 106 valence electrons. The zero-order valence-electron chi connectivity index (χ0n) is 11.6. The molecule has 2 rings (SSSR count). The molecule has 0 aliphatic rings. The number of ether oxygens (including phenoxy) is 1. The number of hydrogen-bond donors (Lipinski definition) is 1. The molecule has 0 aromatic heterocycles. The molecule has 1 N–H and O–H groups in total. The first-order valence-electron chi connectivity index (χ1n) is 6.30. The van der Waals surface area contributed by atoms with E-state index in [0.717, 1.165) is 0 Å². The van der Waals surface area contributed by atoms with E-state index in [2.05, 4.69) is 0 Å². The largest absolute Gasteiger partial charge is 0.457 e. The Kier molecular flexibility index (Phi) is 4.04. The molecule has 0 fully saturated rings. The number of halogens is 2. The Balaban J connectivity index is 2.41. The summed E-state index contributed by atoms with van der Waals surface area (Å²) >= 11 is 0. The average molecular weight is 278 g/mol. The highest BCUT2D eigenvalue weighted by Gasteiger charge is 2.14. The van der Waals surface area contributed by atoms with Crippen LogP contribution in [0.15, 0.2) is 30.3 Å². The summed E-state index contributed by atoms with van der Waals surface area (Å²) in [6.07, 6.45) is -0.860. The zero-order valence-corrected chi connectivity index (χ0v) is 11.6. The molecule has 0 heterocycles. The topological polar surface area (TPSA) is 29.5 Å². The summed E-state index contributed by atoms with van der Waals surface area (Å²) in [6, 6.07) is 7.14. The molecular weight excluding hydrogens is 262 g/mol. The van der Waals surface area contributed by atoms with Crippen molar-refractivity contribution in [1.29, 1.82) is 0 Å². The molecule has 2 aromatic rings. The minimum absolute atomic E-state index is 0.316. The van der Waals surface area contributed by atoms with E-state index in [1.807, 2.05) is 0 Å². The van der Waals surface area contributed by atoms with Crippen molar-refractivity contribution in [3.8, 4) is 11.5 Å². The molecule has 0 amide bonds. The van der Waals surface area contributed by atoms with Gasteiger partial charge in [0.2, 0.25) is 0 Å². The number of hydrogen-bond acceptors (Lipinski definition) is 2. The van der Waals surface area contributed by atoms with Crippen LogP contribution in [0.1, 0.15) is 29.7 Å². The molecule has 0 aliphatic carbocycles. The Morgan fingerprint density at radius 1 is 1.00 bits per heavy atom. The molecule has 0 radical (unpaired) electrons. The van der Waals surface area contributed by atoms with E-state index in [0.29, 0.717) is 28.2 Å². The van der Waals surface area contributed by atoms with Crippen LogP contribution in [0.3, 0.4) is 0 Å². The van der Waals surface area contributed by atoms with Crippen LogP contribution < -0.4 is 4.74 Å². The van der Waals surface area contributed by atoms with Gasteiger partial charge >= 0.3 is 0 Å². The second-order valence-corrected chi connectivity index (χ2v) is 4.83. The van der Waals surface area contributed by atoms with Gasteiger partial charge in [-0.3, -0.25) is 0 Å². The lowest BCUT2D eigenvalue weighted by atomic mass is 10.1. The molecule has 4 heteroatoms. The van der Waals surface area contributed by atoms with E-state index < -0.39 is 11.9 Å². The molecule has 20 heavy (non-hydrogen) atoms. The highest BCUT2D eigenvalue weighted by Crippen LogP contribution is 2.32. The molecular formula is C16H16F2O2. The predicted octanol–water partition coefficient (Wildman–Crippen LogP) is 4.43. The first-order chi connectivity index (χ1) is 9.38. The lowest BCUT2D eigenvalue weighted by molar-refractivity contribution is 0.195. The van der Waals surface area contributed by atoms with Gasteiger partial charge in [0.15, 0.2) is 0 Å². The van der Waals surface area contributed by atoms with Crippen LogP contribution in [-0.2, 0) is 0 Å². The van der Waals surface area contributed by atoms with Gasteiger partial charge < -0.3 is 9.84 Å². The first kappa shape index (κ1) is 14.5. The molecule has 0 spiro atoms. The third-order valence-corrected chi connectivity index (χ3v) is 3.10. The Morgan fingerprint density at radius 2 is 1.65 bits per heavy atom. The van der Waals surface area contributed by atoms with E-state index in [1.54, 1.807) is 19.9 Å². The van der Waals surface area contributed by atoms with Crippen molar-refractivity contribution in [1.82, 2.24) is 0 Å². The third kappa shape index (κ3) is 2.96. The van der Waals surface area contributed by atoms with Crippen molar-refractivity contribution >= 4 is 0 Å². The van der Waals surface area contributed by atoms with Gasteiger partial charge in [0, 0.05) is 5.56 Å². The number of rotatable bonds is 3. The van der Waals surface area contributed by atoms with Crippen molar-refractivity contribution in [3.05, 3.63) is 58.7 Å². The van der Waals surface area contributed by atoms with Crippen LogP contribution >= 0.6 is 0 Å². The highest BCUT2D eigenvalue weighted by molar-refractivity contribution is 5.43. The van der Waals surface area contributed by atoms with Gasteiger partial charge in [-0.05, 0) is 62.2 Å². The standard InChI is InChI=1S/C16H16F2O2/c1-9-6-12(4-5-14(9)17)20-16-7-10(2)15(18)8-13(16)11(3)19/h4-8,11,19H,1-3H3/t11-/m1/s1. The van der Waals surface area contributed by atoms with Gasteiger partial charge in [-0.15, -0.1) is 0 Å². The van der Waals surface area contributed by atoms with E-state index >= 15 is 0 Å². The van der Waals surface area contributed by atoms with E-state index in [4.69, 9.17) is 4.74 Å².